The Balaban J connectivity index is 0.00000280. The summed E-state index contributed by atoms with van der Waals surface area (Å²) in [5.74, 6) is 2.18. The van der Waals surface area contributed by atoms with Crippen molar-refractivity contribution in [3.63, 3.8) is 0 Å². The first-order chi connectivity index (χ1) is 13.1. The van der Waals surface area contributed by atoms with Gasteiger partial charge in [-0.3, -0.25) is 0 Å². The van der Waals surface area contributed by atoms with Gasteiger partial charge in [0.25, 0.3) is 0 Å². The molecule has 1 aromatic heterocycles. The highest BCUT2D eigenvalue weighted by Gasteiger charge is 2.12. The number of rotatable bonds is 8. The SMILES string of the molecule is COc1cc(CNCc2ccco2)cc(Br)c1OCc1ccc(Cl)c(Cl)c1.Cl. The van der Waals surface area contributed by atoms with Crippen LogP contribution in [0.15, 0.2) is 57.6 Å². The number of hydrogen-bond acceptors (Lipinski definition) is 4. The minimum Gasteiger partial charge on any atom is -0.493 e. The predicted molar refractivity (Wildman–Crippen MR) is 118 cm³/mol. The molecule has 0 aliphatic heterocycles. The molecule has 150 valence electrons. The van der Waals surface area contributed by atoms with Gasteiger partial charge in [0, 0.05) is 6.54 Å². The molecule has 0 radical (unpaired) electrons. The number of ether oxygens (including phenoxy) is 2. The van der Waals surface area contributed by atoms with E-state index in [1.54, 1.807) is 25.5 Å². The molecule has 0 saturated heterocycles. The normalized spacial score (nSPS) is 10.4. The van der Waals surface area contributed by atoms with E-state index in [-0.39, 0.29) is 12.4 Å². The molecule has 1 heterocycles. The molecule has 28 heavy (non-hydrogen) atoms. The van der Waals surface area contributed by atoms with Crippen LogP contribution in [0.5, 0.6) is 11.5 Å². The smallest absolute Gasteiger partial charge is 0.175 e. The number of halogens is 4. The van der Waals surface area contributed by atoms with E-state index in [0.717, 1.165) is 21.4 Å². The zero-order valence-electron chi connectivity index (χ0n) is 15.0. The summed E-state index contributed by atoms with van der Waals surface area (Å²) in [6, 6.07) is 13.2. The van der Waals surface area contributed by atoms with Crippen LogP contribution in [0.25, 0.3) is 0 Å². The Bertz CT molecular complexity index is 904. The van der Waals surface area contributed by atoms with Gasteiger partial charge in [0.15, 0.2) is 11.5 Å². The Kier molecular flexibility index (Phi) is 8.99. The molecule has 3 rings (SSSR count). The van der Waals surface area contributed by atoms with Crippen LogP contribution in [0.4, 0.5) is 0 Å². The van der Waals surface area contributed by atoms with Gasteiger partial charge >= 0.3 is 0 Å². The molecule has 8 heteroatoms. The van der Waals surface area contributed by atoms with Gasteiger partial charge in [-0.1, -0.05) is 29.3 Å². The lowest BCUT2D eigenvalue weighted by molar-refractivity contribution is 0.282. The quantitative estimate of drug-likeness (QED) is 0.371. The van der Waals surface area contributed by atoms with Crippen LogP contribution in [0.1, 0.15) is 16.9 Å². The third-order valence-electron chi connectivity index (χ3n) is 3.86. The van der Waals surface area contributed by atoms with Crippen molar-refractivity contribution in [2.45, 2.75) is 19.7 Å². The summed E-state index contributed by atoms with van der Waals surface area (Å²) in [5.41, 5.74) is 1.98. The van der Waals surface area contributed by atoms with E-state index in [4.69, 9.17) is 37.1 Å². The van der Waals surface area contributed by atoms with Gasteiger partial charge in [0.2, 0.25) is 0 Å². The molecule has 0 unspecified atom stereocenters. The molecule has 0 spiro atoms. The Labute approximate surface area is 188 Å². The van der Waals surface area contributed by atoms with Gasteiger partial charge in [0.05, 0.1) is 34.4 Å². The summed E-state index contributed by atoms with van der Waals surface area (Å²) in [5, 5.41) is 4.35. The van der Waals surface area contributed by atoms with E-state index in [2.05, 4.69) is 21.2 Å². The highest BCUT2D eigenvalue weighted by Crippen LogP contribution is 2.37. The first kappa shape index (κ1) is 22.9. The maximum atomic E-state index is 6.06. The van der Waals surface area contributed by atoms with Crippen LogP contribution in [0.3, 0.4) is 0 Å². The Morgan fingerprint density at radius 2 is 1.86 bits per heavy atom. The second kappa shape index (κ2) is 11.0. The summed E-state index contributed by atoms with van der Waals surface area (Å²) in [6.45, 7) is 1.67. The number of methoxy groups -OCH3 is 1. The van der Waals surface area contributed by atoms with Gasteiger partial charge in [-0.2, -0.15) is 0 Å². The Morgan fingerprint density at radius 1 is 1.04 bits per heavy atom. The molecule has 0 saturated carbocycles. The lowest BCUT2D eigenvalue weighted by Gasteiger charge is -2.15. The van der Waals surface area contributed by atoms with Crippen molar-refractivity contribution in [3.05, 3.63) is 80.1 Å². The molecule has 0 atom stereocenters. The summed E-state index contributed by atoms with van der Waals surface area (Å²) < 4.78 is 17.6. The maximum Gasteiger partial charge on any atom is 0.175 e. The number of benzene rings is 2. The first-order valence-corrected chi connectivity index (χ1v) is 9.78. The molecule has 1 N–H and O–H groups in total. The second-order valence-electron chi connectivity index (χ2n) is 5.83. The highest BCUT2D eigenvalue weighted by atomic mass is 79.9. The topological polar surface area (TPSA) is 43.6 Å². The van der Waals surface area contributed by atoms with Crippen LogP contribution < -0.4 is 14.8 Å². The molecule has 3 aromatic rings. The van der Waals surface area contributed by atoms with Gasteiger partial charge in [-0.25, -0.2) is 0 Å². The van der Waals surface area contributed by atoms with Crippen molar-refractivity contribution >= 4 is 51.5 Å². The van der Waals surface area contributed by atoms with Crippen molar-refractivity contribution in [1.29, 1.82) is 0 Å². The average Bonchev–Trinajstić information content (AvgIpc) is 3.16. The molecule has 0 aliphatic rings. The third kappa shape index (κ3) is 6.06. The van der Waals surface area contributed by atoms with Gasteiger partial charge in [0.1, 0.15) is 12.4 Å². The summed E-state index contributed by atoms with van der Waals surface area (Å²) in [7, 11) is 1.62. The van der Waals surface area contributed by atoms with Crippen LogP contribution in [0.2, 0.25) is 10.0 Å². The number of hydrogen-bond donors (Lipinski definition) is 1. The third-order valence-corrected chi connectivity index (χ3v) is 5.19. The van der Waals surface area contributed by atoms with Crippen LogP contribution in [0, 0.1) is 0 Å². The van der Waals surface area contributed by atoms with Crippen LogP contribution >= 0.6 is 51.5 Å². The van der Waals surface area contributed by atoms with E-state index in [1.807, 2.05) is 30.3 Å². The molecule has 0 fully saturated rings. The van der Waals surface area contributed by atoms with E-state index in [9.17, 15) is 0 Å². The lowest BCUT2D eigenvalue weighted by Crippen LogP contribution is -2.12. The second-order valence-corrected chi connectivity index (χ2v) is 7.50. The summed E-state index contributed by atoms with van der Waals surface area (Å²) in [4.78, 5) is 0. The maximum absolute atomic E-state index is 6.06. The largest absolute Gasteiger partial charge is 0.493 e. The minimum atomic E-state index is 0. The Morgan fingerprint density at radius 3 is 2.54 bits per heavy atom. The van der Waals surface area contributed by atoms with Crippen LogP contribution in [-0.4, -0.2) is 7.11 Å². The van der Waals surface area contributed by atoms with E-state index in [0.29, 0.717) is 41.2 Å². The van der Waals surface area contributed by atoms with Gasteiger partial charge in [-0.05, 0) is 63.5 Å². The fraction of sp³-hybridized carbons (Fsp3) is 0.200. The van der Waals surface area contributed by atoms with Gasteiger partial charge in [-0.15, -0.1) is 12.4 Å². The molecule has 0 aliphatic carbocycles. The highest BCUT2D eigenvalue weighted by molar-refractivity contribution is 9.10. The standard InChI is InChI=1S/C20H18BrCl2NO3.ClH/c1-25-19-9-14(10-24-11-15-3-2-6-26-15)7-16(21)20(19)27-12-13-4-5-17(22)18(23)8-13;/h2-9,24H,10-12H2,1H3;1H. The van der Waals surface area contributed by atoms with Gasteiger partial charge < -0.3 is 19.2 Å². The summed E-state index contributed by atoms with van der Waals surface area (Å²) >= 11 is 15.6. The van der Waals surface area contributed by atoms with Crippen molar-refractivity contribution < 1.29 is 13.9 Å². The van der Waals surface area contributed by atoms with Crippen molar-refractivity contribution in [2.75, 3.05) is 7.11 Å². The molecular formula is C20H19BrCl3NO3. The van der Waals surface area contributed by atoms with Crippen molar-refractivity contribution in [3.8, 4) is 11.5 Å². The lowest BCUT2D eigenvalue weighted by atomic mass is 10.2. The van der Waals surface area contributed by atoms with E-state index in [1.165, 1.54) is 0 Å². The fourth-order valence-corrected chi connectivity index (χ4v) is 3.47. The number of furan rings is 1. The monoisotopic (exact) mass is 505 g/mol. The zero-order chi connectivity index (χ0) is 19.2. The van der Waals surface area contributed by atoms with E-state index >= 15 is 0 Å². The van der Waals surface area contributed by atoms with Crippen LogP contribution in [-0.2, 0) is 19.7 Å². The fourth-order valence-electron chi connectivity index (χ4n) is 2.54. The molecule has 0 amide bonds. The Hall–Kier alpha value is -1.37. The number of nitrogens with one attached hydrogen (secondary N) is 1. The van der Waals surface area contributed by atoms with Crippen molar-refractivity contribution in [1.82, 2.24) is 5.32 Å². The minimum absolute atomic E-state index is 0. The van der Waals surface area contributed by atoms with E-state index < -0.39 is 0 Å². The zero-order valence-corrected chi connectivity index (χ0v) is 18.9. The molecule has 4 nitrogen and oxygen atoms in total. The predicted octanol–water partition coefficient (Wildman–Crippen LogP) is 6.65. The summed E-state index contributed by atoms with van der Waals surface area (Å²) in [6.07, 6.45) is 1.66. The van der Waals surface area contributed by atoms with Crippen molar-refractivity contribution in [2.24, 2.45) is 0 Å². The molecular weight excluding hydrogens is 488 g/mol. The first-order valence-electron chi connectivity index (χ1n) is 8.23. The molecule has 2 aromatic carbocycles. The molecule has 0 bridgehead atoms. The average molecular weight is 508 g/mol.